The second kappa shape index (κ2) is 8.57. The van der Waals surface area contributed by atoms with Gasteiger partial charge in [0, 0.05) is 30.9 Å². The number of rotatable bonds is 4. The summed E-state index contributed by atoms with van der Waals surface area (Å²) in [6.45, 7) is 1.52. The zero-order valence-corrected chi connectivity index (χ0v) is 17.2. The van der Waals surface area contributed by atoms with Gasteiger partial charge in [-0.3, -0.25) is 0 Å². The number of fused-ring (bicyclic) bond motifs is 4. The molecule has 1 aliphatic heterocycles. The standard InChI is InChI=1S/C27H23NO3/c29-27(28-15-6-5-7-19-12-13-26-20(17-19)14-16-30-26)31-18-25-23-10-3-1-8-21(23)22-9-2-4-11-24(22)25/h1-4,8-13,17,25H,6,14-16,18H2,(H,28,29). The Morgan fingerprint density at radius 2 is 1.77 bits per heavy atom. The molecule has 0 atom stereocenters. The second-order valence-corrected chi connectivity index (χ2v) is 7.73. The van der Waals surface area contributed by atoms with Crippen LogP contribution in [-0.2, 0) is 11.2 Å². The molecule has 31 heavy (non-hydrogen) atoms. The van der Waals surface area contributed by atoms with Crippen molar-refractivity contribution in [3.8, 4) is 28.7 Å². The summed E-state index contributed by atoms with van der Waals surface area (Å²) in [5.74, 6) is 7.29. The first-order valence-corrected chi connectivity index (χ1v) is 10.6. The van der Waals surface area contributed by atoms with E-state index in [0.717, 1.165) is 24.3 Å². The van der Waals surface area contributed by atoms with Crippen LogP contribution in [0, 0.1) is 11.8 Å². The monoisotopic (exact) mass is 409 g/mol. The van der Waals surface area contributed by atoms with Crippen LogP contribution in [-0.4, -0.2) is 25.9 Å². The van der Waals surface area contributed by atoms with Crippen LogP contribution >= 0.6 is 0 Å². The summed E-state index contributed by atoms with van der Waals surface area (Å²) in [6, 6.07) is 22.7. The third kappa shape index (κ3) is 4.00. The van der Waals surface area contributed by atoms with Crippen LogP contribution in [0.1, 0.15) is 34.6 Å². The number of hydrogen-bond donors (Lipinski definition) is 1. The molecule has 1 amide bonds. The molecule has 0 saturated carbocycles. The maximum Gasteiger partial charge on any atom is 0.407 e. The van der Waals surface area contributed by atoms with Gasteiger partial charge in [-0.05, 0) is 46.0 Å². The van der Waals surface area contributed by atoms with Crippen molar-refractivity contribution in [2.45, 2.75) is 18.8 Å². The number of amides is 1. The Morgan fingerprint density at radius 1 is 1.03 bits per heavy atom. The van der Waals surface area contributed by atoms with Crippen LogP contribution in [0.3, 0.4) is 0 Å². The van der Waals surface area contributed by atoms with Gasteiger partial charge in [-0.1, -0.05) is 60.4 Å². The second-order valence-electron chi connectivity index (χ2n) is 7.73. The summed E-state index contributed by atoms with van der Waals surface area (Å²) < 4.78 is 11.1. The highest BCUT2D eigenvalue weighted by Crippen LogP contribution is 2.44. The van der Waals surface area contributed by atoms with Gasteiger partial charge in [0.15, 0.2) is 0 Å². The minimum Gasteiger partial charge on any atom is -0.493 e. The van der Waals surface area contributed by atoms with E-state index in [9.17, 15) is 4.79 Å². The molecule has 1 N–H and O–H groups in total. The molecule has 0 unspecified atom stereocenters. The van der Waals surface area contributed by atoms with Gasteiger partial charge in [-0.25, -0.2) is 4.79 Å². The van der Waals surface area contributed by atoms with Gasteiger partial charge < -0.3 is 14.8 Å². The smallest absolute Gasteiger partial charge is 0.407 e. The lowest BCUT2D eigenvalue weighted by molar-refractivity contribution is 0.143. The maximum atomic E-state index is 12.2. The molecule has 0 saturated heterocycles. The van der Waals surface area contributed by atoms with Gasteiger partial charge in [0.2, 0.25) is 0 Å². The van der Waals surface area contributed by atoms with E-state index in [0.29, 0.717) is 19.6 Å². The molecule has 0 bridgehead atoms. The highest BCUT2D eigenvalue weighted by atomic mass is 16.5. The Bertz CT molecular complexity index is 1140. The minimum absolute atomic E-state index is 0.0710. The molecule has 4 nitrogen and oxygen atoms in total. The van der Waals surface area contributed by atoms with Crippen molar-refractivity contribution in [2.75, 3.05) is 19.8 Å². The van der Waals surface area contributed by atoms with Crippen molar-refractivity contribution in [1.29, 1.82) is 0 Å². The average molecular weight is 409 g/mol. The lowest BCUT2D eigenvalue weighted by atomic mass is 9.98. The lowest BCUT2D eigenvalue weighted by Crippen LogP contribution is -2.26. The first-order chi connectivity index (χ1) is 15.3. The molecular formula is C27H23NO3. The normalized spacial score (nSPS) is 13.3. The number of alkyl carbamates (subject to hydrolysis) is 1. The van der Waals surface area contributed by atoms with Crippen molar-refractivity contribution < 1.29 is 14.3 Å². The molecule has 4 heteroatoms. The van der Waals surface area contributed by atoms with Crippen LogP contribution < -0.4 is 10.1 Å². The van der Waals surface area contributed by atoms with Gasteiger partial charge in [-0.15, -0.1) is 0 Å². The zero-order valence-electron chi connectivity index (χ0n) is 17.2. The quantitative estimate of drug-likeness (QED) is 0.492. The Labute approximate surface area is 182 Å². The van der Waals surface area contributed by atoms with Crippen LogP contribution in [0.4, 0.5) is 4.79 Å². The van der Waals surface area contributed by atoms with E-state index in [1.54, 1.807) is 0 Å². The summed E-state index contributed by atoms with van der Waals surface area (Å²) in [5.41, 5.74) is 7.05. The summed E-state index contributed by atoms with van der Waals surface area (Å²) in [5, 5.41) is 2.80. The lowest BCUT2D eigenvalue weighted by Gasteiger charge is -2.14. The highest BCUT2D eigenvalue weighted by Gasteiger charge is 2.28. The third-order valence-electron chi connectivity index (χ3n) is 5.79. The average Bonchev–Trinajstić information content (AvgIpc) is 3.40. The van der Waals surface area contributed by atoms with Crippen molar-refractivity contribution in [3.63, 3.8) is 0 Å². The van der Waals surface area contributed by atoms with Crippen molar-refractivity contribution in [1.82, 2.24) is 5.32 Å². The zero-order chi connectivity index (χ0) is 21.0. The van der Waals surface area contributed by atoms with E-state index in [-0.39, 0.29) is 5.92 Å². The van der Waals surface area contributed by atoms with Gasteiger partial charge in [-0.2, -0.15) is 0 Å². The van der Waals surface area contributed by atoms with Crippen molar-refractivity contribution in [3.05, 3.63) is 89.0 Å². The fraction of sp³-hybridized carbons (Fsp3) is 0.222. The van der Waals surface area contributed by atoms with Gasteiger partial charge in [0.25, 0.3) is 0 Å². The molecule has 3 aromatic carbocycles. The van der Waals surface area contributed by atoms with Gasteiger partial charge in [0.1, 0.15) is 12.4 Å². The van der Waals surface area contributed by atoms with Gasteiger partial charge >= 0.3 is 6.09 Å². The highest BCUT2D eigenvalue weighted by molar-refractivity contribution is 5.79. The molecule has 1 heterocycles. The topological polar surface area (TPSA) is 47.6 Å². The maximum absolute atomic E-state index is 12.2. The number of nitrogens with one attached hydrogen (secondary N) is 1. The molecule has 0 fully saturated rings. The molecule has 0 aromatic heterocycles. The number of hydrogen-bond acceptors (Lipinski definition) is 3. The van der Waals surface area contributed by atoms with E-state index in [2.05, 4.69) is 47.5 Å². The van der Waals surface area contributed by atoms with E-state index in [1.807, 2.05) is 36.4 Å². The summed E-state index contributed by atoms with van der Waals surface area (Å²) in [4.78, 5) is 12.2. The Hall–Kier alpha value is -3.71. The first kappa shape index (κ1) is 19.3. The minimum atomic E-state index is -0.404. The Kier molecular flexibility index (Phi) is 5.33. The van der Waals surface area contributed by atoms with E-state index in [4.69, 9.17) is 9.47 Å². The van der Waals surface area contributed by atoms with Crippen LogP contribution in [0.2, 0.25) is 0 Å². The summed E-state index contributed by atoms with van der Waals surface area (Å²) in [6.07, 6.45) is 1.10. The molecular weight excluding hydrogens is 386 g/mol. The molecule has 1 aliphatic carbocycles. The fourth-order valence-corrected chi connectivity index (χ4v) is 4.31. The number of benzene rings is 3. The molecule has 2 aliphatic rings. The van der Waals surface area contributed by atoms with Crippen molar-refractivity contribution >= 4 is 6.09 Å². The summed E-state index contributed by atoms with van der Waals surface area (Å²) in [7, 11) is 0. The molecule has 154 valence electrons. The SMILES string of the molecule is O=C(NCCC#Cc1ccc2c(c1)CCO2)OCC1c2ccccc2-c2ccccc21. The largest absolute Gasteiger partial charge is 0.493 e. The van der Waals surface area contributed by atoms with E-state index >= 15 is 0 Å². The van der Waals surface area contributed by atoms with Gasteiger partial charge in [0.05, 0.1) is 6.61 Å². The molecule has 0 spiro atoms. The van der Waals surface area contributed by atoms with Crippen LogP contribution in [0.15, 0.2) is 66.7 Å². The third-order valence-corrected chi connectivity index (χ3v) is 5.79. The fourth-order valence-electron chi connectivity index (χ4n) is 4.31. The van der Waals surface area contributed by atoms with E-state index in [1.165, 1.54) is 27.8 Å². The number of carbonyl (C=O) groups excluding carboxylic acids is 1. The van der Waals surface area contributed by atoms with Crippen LogP contribution in [0.25, 0.3) is 11.1 Å². The predicted molar refractivity (Wildman–Crippen MR) is 120 cm³/mol. The molecule has 3 aromatic rings. The molecule has 0 radical (unpaired) electrons. The summed E-state index contributed by atoms with van der Waals surface area (Å²) >= 11 is 0. The van der Waals surface area contributed by atoms with Crippen molar-refractivity contribution in [2.24, 2.45) is 0 Å². The Morgan fingerprint density at radius 3 is 2.55 bits per heavy atom. The van der Waals surface area contributed by atoms with Crippen LogP contribution in [0.5, 0.6) is 5.75 Å². The number of ether oxygens (including phenoxy) is 2. The first-order valence-electron chi connectivity index (χ1n) is 10.6. The molecule has 5 rings (SSSR count). The Balaban J connectivity index is 1.12. The predicted octanol–water partition coefficient (Wildman–Crippen LogP) is 4.90. The van der Waals surface area contributed by atoms with E-state index < -0.39 is 6.09 Å². The number of carbonyl (C=O) groups is 1.